The lowest BCUT2D eigenvalue weighted by Gasteiger charge is -2.28. The zero-order valence-corrected chi connectivity index (χ0v) is 15.3. The van der Waals surface area contributed by atoms with Gasteiger partial charge in [0.2, 0.25) is 0 Å². The Hall–Kier alpha value is -3.43. The highest BCUT2D eigenvalue weighted by Gasteiger charge is 2.67. The molecular weight excluding hydrogens is 389 g/mol. The van der Waals surface area contributed by atoms with Crippen LogP contribution in [-0.4, -0.2) is 46.2 Å². The number of hydrogen-bond donors (Lipinski definition) is 1. The minimum absolute atomic E-state index is 0.164. The highest BCUT2D eigenvalue weighted by molar-refractivity contribution is 6.16. The number of carbonyl (C=O) groups is 2. The summed E-state index contributed by atoms with van der Waals surface area (Å²) in [6.45, 7) is 1.06. The van der Waals surface area contributed by atoms with Crippen molar-refractivity contribution in [1.29, 1.82) is 0 Å². The molecule has 152 valence electrons. The molecule has 0 radical (unpaired) electrons. The monoisotopic (exact) mass is 406 g/mol. The maximum Gasteiger partial charge on any atom is 0.442 e. The van der Waals surface area contributed by atoms with Gasteiger partial charge in [0.1, 0.15) is 5.84 Å². The molecule has 10 heteroatoms. The summed E-state index contributed by atoms with van der Waals surface area (Å²) in [5, 5.41) is 1.62. The number of benzene rings is 1. The summed E-state index contributed by atoms with van der Waals surface area (Å²) < 4.78 is 46.7. The molecule has 2 aromatic rings. The second kappa shape index (κ2) is 7.90. The molecule has 1 aliphatic heterocycles. The molecule has 0 fully saturated rings. The number of pyridine rings is 1. The summed E-state index contributed by atoms with van der Waals surface area (Å²) in [6.07, 6.45) is -3.65. The number of rotatable bonds is 5. The molecule has 1 N–H and O–H groups in total. The largest absolute Gasteiger partial charge is 0.450 e. The topological polar surface area (TPSA) is 83.9 Å². The van der Waals surface area contributed by atoms with Crippen molar-refractivity contribution >= 4 is 17.8 Å². The molecule has 1 aromatic heterocycles. The van der Waals surface area contributed by atoms with Gasteiger partial charge in [-0.2, -0.15) is 13.2 Å². The minimum Gasteiger partial charge on any atom is -0.450 e. The van der Waals surface area contributed by atoms with Crippen molar-refractivity contribution in [1.82, 2.24) is 15.2 Å². The van der Waals surface area contributed by atoms with Gasteiger partial charge < -0.3 is 4.74 Å². The van der Waals surface area contributed by atoms with Gasteiger partial charge >= 0.3 is 17.9 Å². The van der Waals surface area contributed by atoms with Crippen molar-refractivity contribution in [2.75, 3.05) is 6.61 Å². The van der Waals surface area contributed by atoms with E-state index in [0.717, 1.165) is 4.90 Å². The summed E-state index contributed by atoms with van der Waals surface area (Å²) in [4.78, 5) is 33.3. The van der Waals surface area contributed by atoms with Crippen molar-refractivity contribution < 1.29 is 27.5 Å². The number of halogens is 3. The van der Waals surface area contributed by atoms with Gasteiger partial charge in [-0.15, -0.1) is 0 Å². The number of alkyl halides is 3. The molecule has 3 rings (SSSR count). The van der Waals surface area contributed by atoms with Gasteiger partial charge in [0.25, 0.3) is 5.91 Å². The average molecular weight is 406 g/mol. The van der Waals surface area contributed by atoms with Crippen LogP contribution in [0.25, 0.3) is 0 Å². The normalized spacial score (nSPS) is 19.1. The third kappa shape index (κ3) is 3.91. The molecule has 0 unspecified atom stereocenters. The lowest BCUT2D eigenvalue weighted by molar-refractivity contribution is -0.197. The highest BCUT2D eigenvalue weighted by Crippen LogP contribution is 2.39. The first-order chi connectivity index (χ1) is 13.8. The van der Waals surface area contributed by atoms with E-state index in [1.165, 1.54) is 31.5 Å². The lowest BCUT2D eigenvalue weighted by atomic mass is 10.1. The predicted molar refractivity (Wildman–Crippen MR) is 96.7 cm³/mol. The van der Waals surface area contributed by atoms with Crippen LogP contribution in [0, 0.1) is 0 Å². The third-order valence-corrected chi connectivity index (χ3v) is 4.15. The number of aromatic nitrogens is 1. The number of amides is 2. The first-order valence-corrected chi connectivity index (χ1v) is 8.66. The van der Waals surface area contributed by atoms with Crippen LogP contribution >= 0.6 is 0 Å². The second-order valence-corrected chi connectivity index (χ2v) is 6.11. The van der Waals surface area contributed by atoms with Crippen molar-refractivity contribution in [3.05, 3.63) is 66.0 Å². The van der Waals surface area contributed by atoms with Crippen LogP contribution in [0.5, 0.6) is 0 Å². The van der Waals surface area contributed by atoms with Crippen LogP contribution in [0.1, 0.15) is 18.1 Å². The lowest BCUT2D eigenvalue weighted by Crippen LogP contribution is -2.63. The molecule has 0 saturated carbocycles. The maximum absolute atomic E-state index is 14.0. The van der Waals surface area contributed by atoms with Crippen molar-refractivity contribution in [2.45, 2.75) is 25.3 Å². The average Bonchev–Trinajstić information content (AvgIpc) is 2.97. The van der Waals surface area contributed by atoms with Crippen LogP contribution in [0.3, 0.4) is 0 Å². The molecular formula is C19H17F3N4O3. The molecule has 2 heterocycles. The van der Waals surface area contributed by atoms with Crippen molar-refractivity contribution in [3.63, 3.8) is 0 Å². The quantitative estimate of drug-likeness (QED) is 0.828. The number of aliphatic imine (C=N–C) groups is 1. The molecule has 29 heavy (non-hydrogen) atoms. The Morgan fingerprint density at radius 1 is 1.21 bits per heavy atom. The highest BCUT2D eigenvalue weighted by atomic mass is 19.4. The van der Waals surface area contributed by atoms with Crippen LogP contribution in [-0.2, 0) is 16.1 Å². The zero-order valence-electron chi connectivity index (χ0n) is 15.3. The molecule has 7 nitrogen and oxygen atoms in total. The van der Waals surface area contributed by atoms with E-state index in [2.05, 4.69) is 14.7 Å². The SMILES string of the molecule is CCOC(=O)N[C@@]1(C(F)(F)F)N=C(c2ccccc2)N(Cc2cccnc2)C1=O. The summed E-state index contributed by atoms with van der Waals surface area (Å²) >= 11 is 0. The van der Waals surface area contributed by atoms with Crippen LogP contribution < -0.4 is 5.32 Å². The standard InChI is InChI=1S/C19H17F3N4O3/c1-2-29-17(28)25-18(19(20,21)22)16(27)26(12-13-7-6-10-23-11-13)15(24-18)14-8-4-3-5-9-14/h3-11H,2,12H2,1H3,(H,25,28)/t18-/m0/s1. The van der Waals surface area contributed by atoms with E-state index in [4.69, 9.17) is 0 Å². The number of nitrogens with zero attached hydrogens (tertiary/aromatic N) is 3. The van der Waals surface area contributed by atoms with E-state index in [1.807, 2.05) is 0 Å². The van der Waals surface area contributed by atoms with Crippen molar-refractivity contribution in [3.8, 4) is 0 Å². The molecule has 0 aliphatic carbocycles. The van der Waals surface area contributed by atoms with E-state index in [1.54, 1.807) is 35.6 Å². The summed E-state index contributed by atoms with van der Waals surface area (Å²) in [6, 6.07) is 11.2. The third-order valence-electron chi connectivity index (χ3n) is 4.15. The summed E-state index contributed by atoms with van der Waals surface area (Å²) in [5.41, 5.74) is -2.69. The van der Waals surface area contributed by atoms with E-state index in [9.17, 15) is 22.8 Å². The number of alkyl carbamates (subject to hydrolysis) is 1. The Bertz CT molecular complexity index is 919. The first kappa shape index (κ1) is 20.3. The second-order valence-electron chi connectivity index (χ2n) is 6.11. The fourth-order valence-corrected chi connectivity index (χ4v) is 2.84. The van der Waals surface area contributed by atoms with Gasteiger partial charge in [-0.3, -0.25) is 20.0 Å². The number of hydrogen-bond acceptors (Lipinski definition) is 5. The Kier molecular flexibility index (Phi) is 5.53. The Labute approximate surface area is 164 Å². The molecule has 1 atom stereocenters. The molecule has 2 amide bonds. The van der Waals surface area contributed by atoms with Gasteiger partial charge in [0.05, 0.1) is 13.2 Å². The molecule has 0 spiro atoms. The molecule has 1 aliphatic rings. The fourth-order valence-electron chi connectivity index (χ4n) is 2.84. The predicted octanol–water partition coefficient (Wildman–Crippen LogP) is 2.88. The molecule has 1 aromatic carbocycles. The number of amidine groups is 1. The van der Waals surface area contributed by atoms with Crippen molar-refractivity contribution in [2.24, 2.45) is 4.99 Å². The minimum atomic E-state index is -5.19. The van der Waals surface area contributed by atoms with Crippen LogP contribution in [0.4, 0.5) is 18.0 Å². The Balaban J connectivity index is 2.10. The van der Waals surface area contributed by atoms with E-state index in [-0.39, 0.29) is 19.0 Å². The van der Waals surface area contributed by atoms with Gasteiger partial charge in [-0.25, -0.2) is 9.79 Å². The van der Waals surface area contributed by atoms with Gasteiger partial charge in [0.15, 0.2) is 0 Å². The van der Waals surface area contributed by atoms with Crippen LogP contribution in [0.15, 0.2) is 59.9 Å². The van der Waals surface area contributed by atoms with E-state index >= 15 is 0 Å². The van der Waals surface area contributed by atoms with Crippen LogP contribution in [0.2, 0.25) is 0 Å². The Morgan fingerprint density at radius 3 is 2.52 bits per heavy atom. The smallest absolute Gasteiger partial charge is 0.442 e. The van der Waals surface area contributed by atoms with Gasteiger partial charge in [-0.1, -0.05) is 36.4 Å². The maximum atomic E-state index is 14.0. The van der Waals surface area contributed by atoms with E-state index < -0.39 is 23.8 Å². The van der Waals surface area contributed by atoms with Gasteiger partial charge in [-0.05, 0) is 18.6 Å². The summed E-state index contributed by atoms with van der Waals surface area (Å²) in [7, 11) is 0. The van der Waals surface area contributed by atoms with E-state index in [0.29, 0.717) is 11.1 Å². The zero-order chi connectivity index (χ0) is 21.1. The molecule has 0 saturated heterocycles. The number of carbonyl (C=O) groups excluding carboxylic acids is 2. The Morgan fingerprint density at radius 2 is 1.93 bits per heavy atom. The van der Waals surface area contributed by atoms with Gasteiger partial charge in [0, 0.05) is 18.0 Å². The molecule has 0 bridgehead atoms. The fraction of sp³-hybridized carbons (Fsp3) is 0.263. The number of ether oxygens (including phenoxy) is 1. The first-order valence-electron chi connectivity index (χ1n) is 8.66. The number of nitrogens with one attached hydrogen (secondary N) is 1. The summed E-state index contributed by atoms with van der Waals surface area (Å²) in [5.74, 6) is -1.64.